The van der Waals surface area contributed by atoms with E-state index in [2.05, 4.69) is 17.2 Å². The molecule has 1 saturated carbocycles. The third-order valence-electron chi connectivity index (χ3n) is 4.45. The number of hydrogen-bond donors (Lipinski definition) is 1. The van der Waals surface area contributed by atoms with Gasteiger partial charge in [0.25, 0.3) is 0 Å². The van der Waals surface area contributed by atoms with E-state index in [9.17, 15) is 8.78 Å². The van der Waals surface area contributed by atoms with Gasteiger partial charge in [-0.2, -0.15) is 0 Å². The molecule has 122 valence electrons. The van der Waals surface area contributed by atoms with Crippen molar-refractivity contribution < 1.29 is 13.5 Å². The average Bonchev–Trinajstić information content (AvgIpc) is 2.49. The Balaban J connectivity index is 1.57. The van der Waals surface area contributed by atoms with Crippen molar-refractivity contribution in [3.8, 4) is 5.88 Å². The molecule has 3 nitrogen and oxygen atoms in total. The number of benzene rings is 1. The molecule has 1 aromatic carbocycles. The highest BCUT2D eigenvalue weighted by atomic mass is 19.1. The number of aromatic nitrogens is 1. The standard InChI is InChI=1S/C18H20F2N2O/c1-11(12-3-4-21-18(9-12)23-2)22-17-7-14(8-17)13-5-15(19)10-16(20)6-13/h3-6,9-11,14,17,22H,7-8H2,1-2H3/t11-,14?,17?/m0/s1. The fourth-order valence-corrected chi connectivity index (χ4v) is 3.09. The Kier molecular flexibility index (Phi) is 4.57. The normalized spacial score (nSPS) is 21.6. The third kappa shape index (κ3) is 3.67. The minimum absolute atomic E-state index is 0.169. The zero-order valence-electron chi connectivity index (χ0n) is 13.2. The number of methoxy groups -OCH3 is 1. The van der Waals surface area contributed by atoms with Crippen molar-refractivity contribution in [3.63, 3.8) is 0 Å². The Morgan fingerprint density at radius 1 is 1.17 bits per heavy atom. The summed E-state index contributed by atoms with van der Waals surface area (Å²) in [6.45, 7) is 2.09. The van der Waals surface area contributed by atoms with E-state index in [0.29, 0.717) is 11.9 Å². The summed E-state index contributed by atoms with van der Waals surface area (Å²) in [6, 6.07) is 8.16. The third-order valence-corrected chi connectivity index (χ3v) is 4.45. The summed E-state index contributed by atoms with van der Waals surface area (Å²) in [6.07, 6.45) is 3.50. The van der Waals surface area contributed by atoms with Gasteiger partial charge in [-0.05, 0) is 55.0 Å². The number of hydrogen-bond acceptors (Lipinski definition) is 3. The van der Waals surface area contributed by atoms with Crippen LogP contribution in [0.5, 0.6) is 5.88 Å². The van der Waals surface area contributed by atoms with E-state index >= 15 is 0 Å². The summed E-state index contributed by atoms with van der Waals surface area (Å²) >= 11 is 0. The van der Waals surface area contributed by atoms with E-state index in [-0.39, 0.29) is 12.0 Å². The smallest absolute Gasteiger partial charge is 0.213 e. The summed E-state index contributed by atoms with van der Waals surface area (Å²) in [7, 11) is 1.60. The lowest BCUT2D eigenvalue weighted by Crippen LogP contribution is -2.41. The Morgan fingerprint density at radius 3 is 2.52 bits per heavy atom. The molecule has 1 aliphatic carbocycles. The first-order valence-electron chi connectivity index (χ1n) is 7.77. The monoisotopic (exact) mass is 318 g/mol. The maximum absolute atomic E-state index is 13.3. The first-order chi connectivity index (χ1) is 11.0. The molecule has 0 saturated heterocycles. The Morgan fingerprint density at radius 2 is 1.87 bits per heavy atom. The second-order valence-corrected chi connectivity index (χ2v) is 6.09. The van der Waals surface area contributed by atoms with Crippen molar-refractivity contribution in [1.29, 1.82) is 0 Å². The minimum atomic E-state index is -0.506. The lowest BCUT2D eigenvalue weighted by Gasteiger charge is -2.38. The van der Waals surface area contributed by atoms with E-state index in [4.69, 9.17) is 4.74 Å². The van der Waals surface area contributed by atoms with Crippen LogP contribution in [0.15, 0.2) is 36.5 Å². The molecule has 23 heavy (non-hydrogen) atoms. The minimum Gasteiger partial charge on any atom is -0.481 e. The van der Waals surface area contributed by atoms with Crippen LogP contribution in [0.4, 0.5) is 8.78 Å². The number of nitrogens with zero attached hydrogens (tertiary/aromatic N) is 1. The van der Waals surface area contributed by atoms with Gasteiger partial charge in [0.1, 0.15) is 11.6 Å². The molecule has 0 radical (unpaired) electrons. The van der Waals surface area contributed by atoms with Crippen LogP contribution in [-0.4, -0.2) is 18.1 Å². The van der Waals surface area contributed by atoms with Gasteiger partial charge < -0.3 is 10.1 Å². The zero-order chi connectivity index (χ0) is 16.4. The van der Waals surface area contributed by atoms with E-state index in [1.54, 1.807) is 13.3 Å². The van der Waals surface area contributed by atoms with Gasteiger partial charge in [-0.25, -0.2) is 13.8 Å². The maximum Gasteiger partial charge on any atom is 0.213 e. The predicted molar refractivity (Wildman–Crippen MR) is 84.5 cm³/mol. The zero-order valence-corrected chi connectivity index (χ0v) is 13.2. The van der Waals surface area contributed by atoms with Crippen LogP contribution < -0.4 is 10.1 Å². The maximum atomic E-state index is 13.3. The van der Waals surface area contributed by atoms with Crippen molar-refractivity contribution in [2.75, 3.05) is 7.11 Å². The quantitative estimate of drug-likeness (QED) is 0.906. The van der Waals surface area contributed by atoms with Crippen LogP contribution in [0.2, 0.25) is 0 Å². The molecule has 1 aromatic heterocycles. The molecule has 1 aliphatic rings. The van der Waals surface area contributed by atoms with Crippen LogP contribution in [-0.2, 0) is 0 Å². The summed E-state index contributed by atoms with van der Waals surface area (Å²) < 4.78 is 31.7. The van der Waals surface area contributed by atoms with Crippen molar-refractivity contribution in [2.24, 2.45) is 0 Å². The van der Waals surface area contributed by atoms with Gasteiger partial charge in [0, 0.05) is 30.4 Å². The first kappa shape index (κ1) is 15.9. The second-order valence-electron chi connectivity index (χ2n) is 6.09. The molecule has 0 bridgehead atoms. The Labute approximate surface area is 134 Å². The van der Waals surface area contributed by atoms with E-state index in [1.807, 2.05) is 12.1 Å². The fourth-order valence-electron chi connectivity index (χ4n) is 3.09. The molecule has 1 heterocycles. The second kappa shape index (κ2) is 6.62. The summed E-state index contributed by atoms with van der Waals surface area (Å²) in [4.78, 5) is 4.10. The van der Waals surface area contributed by atoms with Gasteiger partial charge in [0.15, 0.2) is 0 Å². The number of ether oxygens (including phenoxy) is 1. The van der Waals surface area contributed by atoms with Crippen molar-refractivity contribution in [1.82, 2.24) is 10.3 Å². The lowest BCUT2D eigenvalue weighted by molar-refractivity contribution is 0.269. The highest BCUT2D eigenvalue weighted by Gasteiger charge is 2.31. The topological polar surface area (TPSA) is 34.1 Å². The SMILES string of the molecule is COc1cc([C@H](C)NC2CC(c3cc(F)cc(F)c3)C2)ccn1. The molecule has 1 atom stereocenters. The van der Waals surface area contributed by atoms with Crippen LogP contribution in [0, 0.1) is 11.6 Å². The molecule has 0 amide bonds. The molecule has 1 N–H and O–H groups in total. The van der Waals surface area contributed by atoms with Gasteiger partial charge in [-0.3, -0.25) is 0 Å². The molecule has 5 heteroatoms. The van der Waals surface area contributed by atoms with Gasteiger partial charge in [-0.15, -0.1) is 0 Å². The fraction of sp³-hybridized carbons (Fsp3) is 0.389. The first-order valence-corrected chi connectivity index (χ1v) is 7.77. The number of rotatable bonds is 5. The highest BCUT2D eigenvalue weighted by molar-refractivity contribution is 5.26. The van der Waals surface area contributed by atoms with Gasteiger partial charge in [0.2, 0.25) is 5.88 Å². The molecule has 0 spiro atoms. The lowest BCUT2D eigenvalue weighted by atomic mass is 9.75. The molecular formula is C18H20F2N2O. The summed E-state index contributed by atoms with van der Waals surface area (Å²) in [5, 5.41) is 3.54. The van der Waals surface area contributed by atoms with E-state index in [1.165, 1.54) is 12.1 Å². The molecule has 0 unspecified atom stereocenters. The molecule has 3 rings (SSSR count). The average molecular weight is 318 g/mol. The largest absolute Gasteiger partial charge is 0.481 e. The van der Waals surface area contributed by atoms with Crippen LogP contribution in [0.3, 0.4) is 0 Å². The number of halogens is 2. The van der Waals surface area contributed by atoms with E-state index in [0.717, 1.165) is 30.0 Å². The van der Waals surface area contributed by atoms with Gasteiger partial charge in [-0.1, -0.05) is 0 Å². The van der Waals surface area contributed by atoms with Crippen LogP contribution in [0.25, 0.3) is 0 Å². The summed E-state index contributed by atoms with van der Waals surface area (Å²) in [5.74, 6) is -0.197. The van der Waals surface area contributed by atoms with Crippen LogP contribution in [0.1, 0.15) is 42.9 Å². The highest BCUT2D eigenvalue weighted by Crippen LogP contribution is 2.38. The van der Waals surface area contributed by atoms with Crippen molar-refractivity contribution in [3.05, 3.63) is 59.3 Å². The Hall–Kier alpha value is -2.01. The number of pyridine rings is 1. The van der Waals surface area contributed by atoms with Crippen LogP contribution >= 0.6 is 0 Å². The molecule has 1 fully saturated rings. The molecule has 2 aromatic rings. The summed E-state index contributed by atoms with van der Waals surface area (Å²) in [5.41, 5.74) is 1.86. The van der Waals surface area contributed by atoms with Crippen molar-refractivity contribution in [2.45, 2.75) is 37.8 Å². The predicted octanol–water partition coefficient (Wildman–Crippen LogP) is 3.97. The number of nitrogens with one attached hydrogen (secondary N) is 1. The Bertz CT molecular complexity index is 666. The molecular weight excluding hydrogens is 298 g/mol. The van der Waals surface area contributed by atoms with Gasteiger partial charge in [0.05, 0.1) is 7.11 Å². The van der Waals surface area contributed by atoms with E-state index < -0.39 is 11.6 Å². The molecule has 0 aliphatic heterocycles. The van der Waals surface area contributed by atoms with Crippen molar-refractivity contribution >= 4 is 0 Å². The van der Waals surface area contributed by atoms with Gasteiger partial charge >= 0.3 is 0 Å².